The van der Waals surface area contributed by atoms with Gasteiger partial charge in [0.1, 0.15) is 29.7 Å². The highest BCUT2D eigenvalue weighted by molar-refractivity contribution is 5.98. The van der Waals surface area contributed by atoms with Gasteiger partial charge in [0.2, 0.25) is 11.8 Å². The number of hydrogen-bond acceptors (Lipinski definition) is 8. The van der Waals surface area contributed by atoms with Crippen molar-refractivity contribution in [2.75, 3.05) is 26.3 Å². The predicted octanol–water partition coefficient (Wildman–Crippen LogP) is 2.70. The van der Waals surface area contributed by atoms with E-state index in [2.05, 4.69) is 23.5 Å². The summed E-state index contributed by atoms with van der Waals surface area (Å²) < 4.78 is 14.1. The number of likely N-dealkylation sites (tertiary alicyclic amines) is 1. The summed E-state index contributed by atoms with van der Waals surface area (Å²) in [6.07, 6.45) is 6.57. The summed E-state index contributed by atoms with van der Waals surface area (Å²) in [4.78, 5) is 45.4. The molecule has 4 heterocycles. The highest BCUT2D eigenvalue weighted by atomic mass is 16.6. The van der Waals surface area contributed by atoms with Crippen LogP contribution in [0.1, 0.15) is 46.0 Å². The van der Waals surface area contributed by atoms with Crippen molar-refractivity contribution in [2.24, 2.45) is 17.8 Å². The summed E-state index contributed by atoms with van der Waals surface area (Å²) in [5, 5.41) is 18.1. The normalized spacial score (nSPS) is 29.6. The maximum Gasteiger partial charge on any atom is 0.312 e. The van der Waals surface area contributed by atoms with E-state index in [0.717, 1.165) is 18.4 Å². The van der Waals surface area contributed by atoms with E-state index < -0.39 is 35.0 Å². The van der Waals surface area contributed by atoms with Crippen molar-refractivity contribution in [2.45, 2.75) is 69.9 Å². The smallest absolute Gasteiger partial charge is 0.312 e. The van der Waals surface area contributed by atoms with Gasteiger partial charge in [0, 0.05) is 19.7 Å². The maximum atomic E-state index is 14.6. The van der Waals surface area contributed by atoms with Gasteiger partial charge >= 0.3 is 5.97 Å². The Morgan fingerprint density at radius 2 is 2.02 bits per heavy atom. The zero-order valence-corrected chi connectivity index (χ0v) is 24.5. The molecule has 11 heteroatoms. The van der Waals surface area contributed by atoms with Crippen molar-refractivity contribution in [1.82, 2.24) is 24.8 Å². The highest BCUT2D eigenvalue weighted by Gasteiger charge is 2.80. The Kier molecular flexibility index (Phi) is 8.52. The molecule has 2 aromatic rings. The first-order chi connectivity index (χ1) is 20.2. The van der Waals surface area contributed by atoms with Crippen LogP contribution in [0, 0.1) is 17.8 Å². The lowest BCUT2D eigenvalue weighted by atomic mass is 9.62. The Morgan fingerprint density at radius 1 is 1.24 bits per heavy atom. The summed E-state index contributed by atoms with van der Waals surface area (Å²) >= 11 is 0. The molecule has 2 bridgehead atoms. The number of hydrogen-bond donors (Lipinski definition) is 1. The van der Waals surface area contributed by atoms with Crippen molar-refractivity contribution in [3.05, 3.63) is 49.6 Å². The van der Waals surface area contributed by atoms with Gasteiger partial charge in [0.05, 0.1) is 23.6 Å². The number of unbranched alkanes of at least 4 members (excludes halogenated alkanes) is 2. The predicted molar refractivity (Wildman–Crippen MR) is 155 cm³/mol. The molecular weight excluding hydrogens is 538 g/mol. The summed E-state index contributed by atoms with van der Waals surface area (Å²) in [7, 11) is 0. The minimum absolute atomic E-state index is 0.0909. The number of benzene rings is 1. The number of nitrogens with zero attached hydrogens (tertiary/aromatic N) is 5. The summed E-state index contributed by atoms with van der Waals surface area (Å²) in [5.74, 6) is -2.89. The molecule has 1 aromatic carbocycles. The molecule has 0 saturated carbocycles. The van der Waals surface area contributed by atoms with E-state index in [0.29, 0.717) is 24.8 Å². The topological polar surface area (TPSA) is 127 Å². The number of carbonyl (C=O) groups is 3. The molecule has 226 valence electrons. The first kappa shape index (κ1) is 29.9. The number of esters is 1. The number of allylic oxidation sites excluding steroid dienone is 1. The van der Waals surface area contributed by atoms with E-state index in [1.165, 1.54) is 4.90 Å². The average Bonchev–Trinajstić information content (AvgIpc) is 3.64. The van der Waals surface area contributed by atoms with E-state index >= 15 is 0 Å². The molecule has 1 spiro atoms. The standard InChI is InChI=1S/C31H41N5O6/c1-5-7-8-11-18-41-29(40)25-24-27(38)35(16-12-17-37)26(31(24)19-21(3)30(25,4)42-31)28(39)34(15-6-2)20-36-23-14-10-9-13-22(23)32-33-36/h5-6,9-10,13-14,21,24-26,37H,1-2,7-8,11-12,15-20H2,3-4H3/t21?,24-,25+,26?,30-,31?/m0/s1. The number of aromatic nitrogens is 3. The second kappa shape index (κ2) is 12.0. The summed E-state index contributed by atoms with van der Waals surface area (Å²) in [6, 6.07) is 6.50. The molecule has 2 amide bonds. The van der Waals surface area contributed by atoms with Crippen LogP contribution in [0.5, 0.6) is 0 Å². The van der Waals surface area contributed by atoms with Crippen LogP contribution in [0.2, 0.25) is 0 Å². The zero-order chi connectivity index (χ0) is 30.1. The number of para-hydroxylation sites is 1. The highest BCUT2D eigenvalue weighted by Crippen LogP contribution is 2.65. The Morgan fingerprint density at radius 3 is 2.76 bits per heavy atom. The van der Waals surface area contributed by atoms with E-state index in [1.54, 1.807) is 15.7 Å². The molecule has 0 aliphatic carbocycles. The fourth-order valence-corrected chi connectivity index (χ4v) is 7.24. The molecule has 3 fully saturated rings. The molecule has 11 nitrogen and oxygen atoms in total. The maximum absolute atomic E-state index is 14.6. The Balaban J connectivity index is 1.48. The number of aliphatic hydroxyl groups excluding tert-OH is 1. The van der Waals surface area contributed by atoms with Crippen molar-refractivity contribution in [3.8, 4) is 0 Å². The molecule has 5 rings (SSSR count). The van der Waals surface area contributed by atoms with Crippen LogP contribution in [0.25, 0.3) is 11.0 Å². The van der Waals surface area contributed by atoms with E-state index in [1.807, 2.05) is 44.2 Å². The van der Waals surface area contributed by atoms with Crippen LogP contribution >= 0.6 is 0 Å². The lowest BCUT2D eigenvalue weighted by Gasteiger charge is -2.37. The fourth-order valence-electron chi connectivity index (χ4n) is 7.24. The molecule has 3 saturated heterocycles. The van der Waals surface area contributed by atoms with Gasteiger partial charge in [-0.1, -0.05) is 36.4 Å². The van der Waals surface area contributed by atoms with Gasteiger partial charge in [-0.3, -0.25) is 14.4 Å². The third kappa shape index (κ3) is 4.82. The van der Waals surface area contributed by atoms with Crippen molar-refractivity contribution < 1.29 is 29.0 Å². The average molecular weight is 580 g/mol. The monoisotopic (exact) mass is 579 g/mol. The zero-order valence-electron chi connectivity index (χ0n) is 24.5. The molecule has 3 unspecified atom stereocenters. The minimum atomic E-state index is -1.20. The largest absolute Gasteiger partial charge is 0.465 e. The van der Waals surface area contributed by atoms with Crippen LogP contribution < -0.4 is 0 Å². The first-order valence-electron chi connectivity index (χ1n) is 14.8. The Bertz CT molecular complexity index is 1360. The van der Waals surface area contributed by atoms with Crippen LogP contribution in [0.3, 0.4) is 0 Å². The van der Waals surface area contributed by atoms with Crippen LogP contribution in [-0.2, 0) is 30.5 Å². The van der Waals surface area contributed by atoms with E-state index in [9.17, 15) is 19.5 Å². The second-order valence-corrected chi connectivity index (χ2v) is 11.8. The van der Waals surface area contributed by atoms with Crippen LogP contribution in [0.15, 0.2) is 49.6 Å². The molecule has 0 radical (unpaired) electrons. The Labute approximate surface area is 246 Å². The first-order valence-corrected chi connectivity index (χ1v) is 14.8. The molecular formula is C31H41N5O6. The van der Waals surface area contributed by atoms with Crippen molar-refractivity contribution in [3.63, 3.8) is 0 Å². The van der Waals surface area contributed by atoms with Crippen molar-refractivity contribution in [1.29, 1.82) is 0 Å². The molecule has 1 aromatic heterocycles. The molecule has 3 aliphatic heterocycles. The lowest BCUT2D eigenvalue weighted by molar-refractivity contribution is -0.162. The van der Waals surface area contributed by atoms with Gasteiger partial charge in [-0.05, 0) is 57.1 Å². The number of aliphatic hydroxyl groups is 1. The van der Waals surface area contributed by atoms with E-state index in [-0.39, 0.29) is 50.7 Å². The molecule has 42 heavy (non-hydrogen) atoms. The van der Waals surface area contributed by atoms with Crippen molar-refractivity contribution >= 4 is 28.8 Å². The third-order valence-corrected chi connectivity index (χ3v) is 9.29. The molecule has 6 atom stereocenters. The Hall–Kier alpha value is -3.57. The number of fused-ring (bicyclic) bond motifs is 2. The number of carbonyl (C=O) groups excluding carboxylic acids is 3. The number of ether oxygens (including phenoxy) is 2. The lowest BCUT2D eigenvalue weighted by Crippen LogP contribution is -2.57. The van der Waals surface area contributed by atoms with Gasteiger partial charge in [0.15, 0.2) is 0 Å². The van der Waals surface area contributed by atoms with Crippen LogP contribution in [0.4, 0.5) is 0 Å². The number of amides is 2. The van der Waals surface area contributed by atoms with Crippen LogP contribution in [-0.4, -0.2) is 91.2 Å². The van der Waals surface area contributed by atoms with Gasteiger partial charge in [-0.2, -0.15) is 0 Å². The van der Waals surface area contributed by atoms with Gasteiger partial charge in [-0.25, -0.2) is 4.68 Å². The van der Waals surface area contributed by atoms with E-state index in [4.69, 9.17) is 9.47 Å². The molecule has 1 N–H and O–H groups in total. The van der Waals surface area contributed by atoms with Gasteiger partial charge < -0.3 is 24.4 Å². The summed E-state index contributed by atoms with van der Waals surface area (Å²) in [6.45, 7) is 12.0. The molecule has 3 aliphatic rings. The summed E-state index contributed by atoms with van der Waals surface area (Å²) in [5.41, 5.74) is -0.683. The minimum Gasteiger partial charge on any atom is -0.465 e. The fraction of sp³-hybridized carbons (Fsp3) is 0.581. The van der Waals surface area contributed by atoms with Gasteiger partial charge in [0.25, 0.3) is 0 Å². The second-order valence-electron chi connectivity index (χ2n) is 11.8. The number of rotatable bonds is 14. The third-order valence-electron chi connectivity index (χ3n) is 9.29. The van der Waals surface area contributed by atoms with Gasteiger partial charge in [-0.15, -0.1) is 18.3 Å². The quantitative estimate of drug-likeness (QED) is 0.206. The SMILES string of the molecule is C=CCCCCOC(=O)[C@H]1[C@H]2C(=O)N(CCCO)C(C(=O)N(CC=C)Cn3nnc4ccccc43)C23CC(C)[C@]1(C)O3.